The first-order chi connectivity index (χ1) is 14.2. The average molecular weight is 422 g/mol. The van der Waals surface area contributed by atoms with Crippen LogP contribution in [0.4, 0.5) is 19.0 Å². The highest BCUT2D eigenvalue weighted by Crippen LogP contribution is 2.25. The smallest absolute Gasteiger partial charge is 0.422 e. The van der Waals surface area contributed by atoms with Gasteiger partial charge in [0.05, 0.1) is 0 Å². The quantitative estimate of drug-likeness (QED) is 0.800. The molecule has 1 N–H and O–H groups in total. The van der Waals surface area contributed by atoms with Gasteiger partial charge in [-0.25, -0.2) is 9.97 Å². The van der Waals surface area contributed by atoms with Crippen LogP contribution in [0.2, 0.25) is 0 Å². The summed E-state index contributed by atoms with van der Waals surface area (Å²) in [6.45, 7) is 0.910. The number of nitrogens with zero attached hydrogens (tertiary/aromatic N) is 3. The molecular weight excluding hydrogens is 401 g/mol. The lowest BCUT2D eigenvalue weighted by Crippen LogP contribution is -2.41. The zero-order valence-corrected chi connectivity index (χ0v) is 16.3. The second-order valence-corrected chi connectivity index (χ2v) is 6.98. The maximum atomic E-state index is 12.8. The fraction of sp³-hybridized carbons (Fsp3) is 0.400. The van der Waals surface area contributed by atoms with Crippen LogP contribution >= 0.6 is 0 Å². The number of likely N-dealkylation sites (tertiary alicyclic amines) is 1. The van der Waals surface area contributed by atoms with E-state index in [9.17, 15) is 22.8 Å². The maximum absolute atomic E-state index is 12.8. The minimum Gasteiger partial charge on any atom is -0.467 e. The molecule has 160 valence electrons. The van der Waals surface area contributed by atoms with Gasteiger partial charge >= 0.3 is 6.18 Å². The normalized spacial score (nSPS) is 15.0. The monoisotopic (exact) mass is 422 g/mol. The van der Waals surface area contributed by atoms with E-state index in [-0.39, 0.29) is 23.3 Å². The number of anilines is 1. The molecule has 0 atom stereocenters. The highest BCUT2D eigenvalue weighted by molar-refractivity contribution is 5.97. The number of nitrogens with one attached hydrogen (secondary N) is 1. The lowest BCUT2D eigenvalue weighted by molar-refractivity contribution is -0.154. The van der Waals surface area contributed by atoms with Crippen LogP contribution in [0.3, 0.4) is 0 Å². The van der Waals surface area contributed by atoms with Crippen LogP contribution < -0.4 is 10.1 Å². The summed E-state index contributed by atoms with van der Waals surface area (Å²) < 4.78 is 42.0. The van der Waals surface area contributed by atoms with Crippen LogP contribution in [0.5, 0.6) is 5.88 Å². The number of carbonyl (C=O) groups excluding carboxylic acids is 2. The summed E-state index contributed by atoms with van der Waals surface area (Å²) in [4.78, 5) is 34.7. The number of pyridine rings is 2. The van der Waals surface area contributed by atoms with Gasteiger partial charge in [-0.05, 0) is 43.5 Å². The van der Waals surface area contributed by atoms with Crippen molar-refractivity contribution in [2.45, 2.75) is 25.9 Å². The lowest BCUT2D eigenvalue weighted by Gasteiger charge is -2.31. The van der Waals surface area contributed by atoms with Crippen molar-refractivity contribution in [2.24, 2.45) is 5.92 Å². The van der Waals surface area contributed by atoms with Gasteiger partial charge in [0.25, 0.3) is 5.91 Å². The van der Waals surface area contributed by atoms with Gasteiger partial charge in [-0.3, -0.25) is 9.59 Å². The number of amides is 2. The number of hydrogen-bond donors (Lipinski definition) is 1. The molecule has 0 aromatic carbocycles. The first kappa shape index (κ1) is 21.5. The molecule has 10 heteroatoms. The highest BCUT2D eigenvalue weighted by Gasteiger charge is 2.32. The molecule has 2 aromatic rings. The van der Waals surface area contributed by atoms with E-state index in [2.05, 4.69) is 15.3 Å². The third-order valence-corrected chi connectivity index (χ3v) is 4.78. The number of piperidine rings is 1. The van der Waals surface area contributed by atoms with E-state index in [1.165, 1.54) is 23.2 Å². The molecule has 3 heterocycles. The SMILES string of the molecule is Cc1cccnc1NC(=O)C1CCN(C(=O)c2cccnc2OCC(F)(F)F)CC1. The molecule has 0 radical (unpaired) electrons. The van der Waals surface area contributed by atoms with Crippen molar-refractivity contribution < 1.29 is 27.5 Å². The molecular formula is C20H21F3N4O3. The topological polar surface area (TPSA) is 84.4 Å². The van der Waals surface area contributed by atoms with Crippen LogP contribution in [-0.4, -0.2) is 52.6 Å². The van der Waals surface area contributed by atoms with Crippen molar-refractivity contribution in [1.29, 1.82) is 0 Å². The molecule has 1 aliphatic rings. The van der Waals surface area contributed by atoms with E-state index >= 15 is 0 Å². The summed E-state index contributed by atoms with van der Waals surface area (Å²) in [7, 11) is 0. The third kappa shape index (κ3) is 5.46. The van der Waals surface area contributed by atoms with E-state index in [1.807, 2.05) is 13.0 Å². The van der Waals surface area contributed by atoms with Gasteiger partial charge in [-0.1, -0.05) is 6.07 Å². The second kappa shape index (κ2) is 9.10. The number of hydrogen-bond acceptors (Lipinski definition) is 5. The van der Waals surface area contributed by atoms with E-state index in [1.54, 1.807) is 12.3 Å². The predicted molar refractivity (Wildman–Crippen MR) is 102 cm³/mol. The summed E-state index contributed by atoms with van der Waals surface area (Å²) in [5.41, 5.74) is 0.815. The molecule has 1 saturated heterocycles. The minimum atomic E-state index is -4.53. The van der Waals surface area contributed by atoms with Gasteiger partial charge in [0.15, 0.2) is 6.61 Å². The first-order valence-corrected chi connectivity index (χ1v) is 9.41. The molecule has 1 fully saturated rings. The van der Waals surface area contributed by atoms with Crippen molar-refractivity contribution in [3.8, 4) is 5.88 Å². The summed E-state index contributed by atoms with van der Waals surface area (Å²) in [6, 6.07) is 6.46. The molecule has 0 spiro atoms. The Hall–Kier alpha value is -3.17. The Balaban J connectivity index is 1.59. The van der Waals surface area contributed by atoms with Crippen LogP contribution in [0.15, 0.2) is 36.7 Å². The standard InChI is InChI=1S/C20H21F3N4O3/c1-13-4-2-8-24-16(13)26-17(28)14-6-10-27(11-7-14)19(29)15-5-3-9-25-18(15)30-12-20(21,22)23/h2-5,8-9,14H,6-7,10-12H2,1H3,(H,24,26,28). The Morgan fingerprint density at radius 3 is 2.50 bits per heavy atom. The molecule has 0 aliphatic carbocycles. The van der Waals surface area contributed by atoms with E-state index in [4.69, 9.17) is 4.74 Å². The summed E-state index contributed by atoms with van der Waals surface area (Å²) in [6.07, 6.45) is -0.810. The highest BCUT2D eigenvalue weighted by atomic mass is 19.4. The Morgan fingerprint density at radius 2 is 1.83 bits per heavy atom. The van der Waals surface area contributed by atoms with Gasteiger partial charge in [0.1, 0.15) is 11.4 Å². The summed E-state index contributed by atoms with van der Waals surface area (Å²) >= 11 is 0. The zero-order valence-electron chi connectivity index (χ0n) is 16.3. The molecule has 0 bridgehead atoms. The number of alkyl halides is 3. The third-order valence-electron chi connectivity index (χ3n) is 4.78. The zero-order chi connectivity index (χ0) is 21.7. The van der Waals surface area contributed by atoms with Gasteiger partial charge in [-0.2, -0.15) is 13.2 Å². The number of aryl methyl sites for hydroxylation is 1. The molecule has 1 aliphatic heterocycles. The number of rotatable bonds is 5. The van der Waals surface area contributed by atoms with Gasteiger partial charge < -0.3 is 15.0 Å². The Morgan fingerprint density at radius 1 is 1.17 bits per heavy atom. The van der Waals surface area contributed by atoms with Crippen LogP contribution in [0.1, 0.15) is 28.8 Å². The van der Waals surface area contributed by atoms with Gasteiger partial charge in [0, 0.05) is 31.4 Å². The number of halogens is 3. The molecule has 30 heavy (non-hydrogen) atoms. The predicted octanol–water partition coefficient (Wildman–Crippen LogP) is 3.22. The second-order valence-electron chi connectivity index (χ2n) is 6.98. The fourth-order valence-corrected chi connectivity index (χ4v) is 3.17. The lowest BCUT2D eigenvalue weighted by atomic mass is 9.95. The van der Waals surface area contributed by atoms with Crippen LogP contribution in [0, 0.1) is 12.8 Å². The fourth-order valence-electron chi connectivity index (χ4n) is 3.17. The molecule has 7 nitrogen and oxygen atoms in total. The molecule has 0 unspecified atom stereocenters. The van der Waals surface area contributed by atoms with Gasteiger partial charge in [-0.15, -0.1) is 0 Å². The van der Waals surface area contributed by atoms with Crippen LogP contribution in [0.25, 0.3) is 0 Å². The van der Waals surface area contributed by atoms with E-state index < -0.39 is 18.7 Å². The van der Waals surface area contributed by atoms with Crippen molar-refractivity contribution in [3.05, 3.63) is 47.8 Å². The maximum Gasteiger partial charge on any atom is 0.422 e. The average Bonchev–Trinajstić information content (AvgIpc) is 2.73. The first-order valence-electron chi connectivity index (χ1n) is 9.41. The van der Waals surface area contributed by atoms with Crippen LogP contribution in [-0.2, 0) is 4.79 Å². The molecule has 0 saturated carbocycles. The van der Waals surface area contributed by atoms with E-state index in [0.717, 1.165) is 5.56 Å². The van der Waals surface area contributed by atoms with Crippen molar-refractivity contribution in [3.63, 3.8) is 0 Å². The summed E-state index contributed by atoms with van der Waals surface area (Å²) in [5.74, 6) is -0.780. The largest absolute Gasteiger partial charge is 0.467 e. The Bertz CT molecular complexity index is 912. The molecule has 2 amide bonds. The number of carbonyl (C=O) groups is 2. The number of ether oxygens (including phenoxy) is 1. The molecule has 3 rings (SSSR count). The molecule has 2 aromatic heterocycles. The van der Waals surface area contributed by atoms with E-state index in [0.29, 0.717) is 31.7 Å². The Kier molecular flexibility index (Phi) is 6.53. The van der Waals surface area contributed by atoms with Crippen molar-refractivity contribution in [2.75, 3.05) is 25.0 Å². The Labute approximate surface area is 171 Å². The number of aromatic nitrogens is 2. The van der Waals surface area contributed by atoms with Gasteiger partial charge in [0.2, 0.25) is 11.8 Å². The van der Waals surface area contributed by atoms with Crippen molar-refractivity contribution >= 4 is 17.6 Å². The minimum absolute atomic E-state index is 0.0336. The van der Waals surface area contributed by atoms with Crippen molar-refractivity contribution in [1.82, 2.24) is 14.9 Å². The summed E-state index contributed by atoms with van der Waals surface area (Å²) in [5, 5.41) is 2.81.